The molecule has 20 heavy (non-hydrogen) atoms. The molecule has 0 spiro atoms. The highest BCUT2D eigenvalue weighted by Gasteiger charge is 2.41. The number of hydrogen-bond donors (Lipinski definition) is 2. The van der Waals surface area contributed by atoms with Crippen molar-refractivity contribution in [3.05, 3.63) is 41.0 Å². The van der Waals surface area contributed by atoms with Gasteiger partial charge in [-0.3, -0.25) is 4.79 Å². The number of benzene rings is 1. The summed E-state index contributed by atoms with van der Waals surface area (Å²) in [6, 6.07) is 4.46. The number of hydrogen-bond acceptors (Lipinski definition) is 2. The molecule has 0 bridgehead atoms. The first-order valence-corrected chi connectivity index (χ1v) is 7.14. The summed E-state index contributed by atoms with van der Waals surface area (Å²) in [5.74, 6) is -0.619. The van der Waals surface area contributed by atoms with E-state index in [1.54, 1.807) is 6.07 Å². The van der Waals surface area contributed by atoms with Crippen LogP contribution in [0.3, 0.4) is 0 Å². The molecule has 2 rings (SSSR count). The van der Waals surface area contributed by atoms with Crippen LogP contribution < -0.4 is 5.32 Å². The summed E-state index contributed by atoms with van der Waals surface area (Å²) >= 11 is 5.85. The minimum Gasteiger partial charge on any atom is -0.395 e. The van der Waals surface area contributed by atoms with Gasteiger partial charge in [0.25, 0.3) is 0 Å². The van der Waals surface area contributed by atoms with Crippen LogP contribution in [-0.4, -0.2) is 24.2 Å². The van der Waals surface area contributed by atoms with Crippen molar-refractivity contribution in [1.82, 2.24) is 5.32 Å². The Balaban J connectivity index is 2.35. The Bertz CT molecular complexity index is 487. The van der Waals surface area contributed by atoms with Gasteiger partial charge in [0.2, 0.25) is 5.91 Å². The summed E-state index contributed by atoms with van der Waals surface area (Å²) in [7, 11) is 0. The molecule has 1 atom stereocenters. The third-order valence-corrected chi connectivity index (χ3v) is 4.10. The fourth-order valence-electron chi connectivity index (χ4n) is 2.73. The average Bonchev–Trinajstić information content (AvgIpc) is 2.48. The van der Waals surface area contributed by atoms with Gasteiger partial charge in [0.1, 0.15) is 5.82 Å². The van der Waals surface area contributed by atoms with Crippen molar-refractivity contribution in [1.29, 1.82) is 0 Å². The molecular formula is C15H18ClFNO2. The maximum absolute atomic E-state index is 13.3. The lowest BCUT2D eigenvalue weighted by molar-refractivity contribution is -0.127. The first-order valence-electron chi connectivity index (χ1n) is 6.76. The molecule has 1 fully saturated rings. The second kappa shape index (κ2) is 6.55. The average molecular weight is 299 g/mol. The van der Waals surface area contributed by atoms with Crippen molar-refractivity contribution >= 4 is 17.5 Å². The standard InChI is InChI=1S/C15H18ClFNO2/c16-12-10-11(4-5-13(12)17)15(6-2-1-3-7-15)14(20)18-8-9-19/h2,4-5,10,19H,1,3,6-9H2,(H,18,20). The third kappa shape index (κ3) is 2.96. The molecule has 0 aromatic heterocycles. The fraction of sp³-hybridized carbons (Fsp3) is 0.467. The van der Waals surface area contributed by atoms with Gasteiger partial charge < -0.3 is 10.4 Å². The smallest absolute Gasteiger partial charge is 0.230 e. The first kappa shape index (κ1) is 15.3. The quantitative estimate of drug-likeness (QED) is 0.898. The number of rotatable bonds is 4. The first-order chi connectivity index (χ1) is 9.60. The Labute approximate surface area is 123 Å². The zero-order valence-electron chi connectivity index (χ0n) is 11.2. The fourth-order valence-corrected chi connectivity index (χ4v) is 2.91. The van der Waals surface area contributed by atoms with E-state index in [1.165, 1.54) is 12.1 Å². The van der Waals surface area contributed by atoms with E-state index in [0.717, 1.165) is 18.4 Å². The van der Waals surface area contributed by atoms with E-state index in [4.69, 9.17) is 16.7 Å². The van der Waals surface area contributed by atoms with Gasteiger partial charge >= 0.3 is 0 Å². The largest absolute Gasteiger partial charge is 0.395 e. The molecule has 1 aliphatic carbocycles. The number of aliphatic hydroxyl groups excluding tert-OH is 1. The van der Waals surface area contributed by atoms with Crippen molar-refractivity contribution in [2.45, 2.75) is 31.1 Å². The van der Waals surface area contributed by atoms with Gasteiger partial charge in [-0.2, -0.15) is 0 Å². The van der Waals surface area contributed by atoms with Crippen LogP contribution in [0.15, 0.2) is 18.2 Å². The van der Waals surface area contributed by atoms with Gasteiger partial charge in [-0.15, -0.1) is 0 Å². The molecule has 1 unspecified atom stereocenters. The molecular weight excluding hydrogens is 281 g/mol. The van der Waals surface area contributed by atoms with Crippen molar-refractivity contribution < 1.29 is 14.3 Å². The maximum atomic E-state index is 13.3. The third-order valence-electron chi connectivity index (χ3n) is 3.81. The lowest BCUT2D eigenvalue weighted by Crippen LogP contribution is -2.46. The van der Waals surface area contributed by atoms with Crippen LogP contribution in [0.25, 0.3) is 0 Å². The zero-order chi connectivity index (χ0) is 14.6. The van der Waals surface area contributed by atoms with Crippen molar-refractivity contribution in [2.24, 2.45) is 0 Å². The molecule has 1 radical (unpaired) electrons. The molecule has 109 valence electrons. The number of halogens is 2. The zero-order valence-corrected chi connectivity index (χ0v) is 11.9. The highest BCUT2D eigenvalue weighted by molar-refractivity contribution is 6.30. The van der Waals surface area contributed by atoms with Crippen molar-refractivity contribution in [3.63, 3.8) is 0 Å². The Morgan fingerprint density at radius 1 is 1.50 bits per heavy atom. The highest BCUT2D eigenvalue weighted by atomic mass is 35.5. The minimum atomic E-state index is -0.704. The maximum Gasteiger partial charge on any atom is 0.230 e. The normalized spacial score (nSPS) is 17.8. The predicted octanol–water partition coefficient (Wildman–Crippen LogP) is 2.60. The summed E-state index contributed by atoms with van der Waals surface area (Å²) in [6.07, 6.45) is 5.26. The van der Waals surface area contributed by atoms with E-state index in [-0.39, 0.29) is 24.1 Å². The number of carbonyl (C=O) groups excluding carboxylic acids is 1. The summed E-state index contributed by atoms with van der Waals surface area (Å²) < 4.78 is 13.3. The van der Waals surface area contributed by atoms with Crippen LogP contribution in [0.1, 0.15) is 31.2 Å². The van der Waals surface area contributed by atoms with Gasteiger partial charge in [-0.05, 0) is 37.0 Å². The summed E-state index contributed by atoms with van der Waals surface area (Å²) in [4.78, 5) is 12.5. The van der Waals surface area contributed by atoms with E-state index in [1.807, 2.05) is 0 Å². The molecule has 1 aromatic rings. The molecule has 1 saturated carbocycles. The van der Waals surface area contributed by atoms with Gasteiger partial charge in [0.05, 0.1) is 17.0 Å². The Morgan fingerprint density at radius 3 is 2.90 bits per heavy atom. The minimum absolute atomic E-state index is 0.0300. The molecule has 0 heterocycles. The van der Waals surface area contributed by atoms with Crippen molar-refractivity contribution in [2.75, 3.05) is 13.2 Å². The Kier molecular flexibility index (Phi) is 5.00. The van der Waals surface area contributed by atoms with E-state index in [9.17, 15) is 9.18 Å². The topological polar surface area (TPSA) is 49.3 Å². The van der Waals surface area contributed by atoms with E-state index in [2.05, 4.69) is 11.7 Å². The molecule has 0 aliphatic heterocycles. The monoisotopic (exact) mass is 298 g/mol. The van der Waals surface area contributed by atoms with Gasteiger partial charge in [-0.1, -0.05) is 30.5 Å². The van der Waals surface area contributed by atoms with E-state index < -0.39 is 11.2 Å². The highest BCUT2D eigenvalue weighted by Crippen LogP contribution is 2.40. The van der Waals surface area contributed by atoms with E-state index in [0.29, 0.717) is 12.8 Å². The van der Waals surface area contributed by atoms with Crippen molar-refractivity contribution in [3.8, 4) is 0 Å². The van der Waals surface area contributed by atoms with Gasteiger partial charge in [-0.25, -0.2) is 4.39 Å². The van der Waals surface area contributed by atoms with E-state index >= 15 is 0 Å². The lowest BCUT2D eigenvalue weighted by Gasteiger charge is -2.36. The molecule has 1 aromatic carbocycles. The number of amides is 1. The number of nitrogens with one attached hydrogen (secondary N) is 1. The van der Waals surface area contributed by atoms with Crippen LogP contribution >= 0.6 is 11.6 Å². The molecule has 5 heteroatoms. The summed E-state index contributed by atoms with van der Waals surface area (Å²) in [5.41, 5.74) is 0.0281. The van der Waals surface area contributed by atoms with Gasteiger partial charge in [0, 0.05) is 6.54 Å². The van der Waals surface area contributed by atoms with Crippen LogP contribution in [0.2, 0.25) is 5.02 Å². The van der Waals surface area contributed by atoms with Crippen LogP contribution in [0.5, 0.6) is 0 Å². The summed E-state index contributed by atoms with van der Waals surface area (Å²) in [5, 5.41) is 11.6. The predicted molar refractivity (Wildman–Crippen MR) is 76.0 cm³/mol. The molecule has 1 amide bonds. The Morgan fingerprint density at radius 2 is 2.30 bits per heavy atom. The van der Waals surface area contributed by atoms with Crippen LogP contribution in [0.4, 0.5) is 4.39 Å². The molecule has 2 N–H and O–H groups in total. The molecule has 0 saturated heterocycles. The van der Waals surface area contributed by atoms with Crippen LogP contribution in [-0.2, 0) is 10.2 Å². The second-order valence-electron chi connectivity index (χ2n) is 5.08. The summed E-state index contributed by atoms with van der Waals surface area (Å²) in [6.45, 7) is 0.116. The SMILES string of the molecule is O=C(NCCO)C1(c2ccc(F)c(Cl)c2)C[CH]CCC1. The lowest BCUT2D eigenvalue weighted by atomic mass is 9.68. The Hall–Kier alpha value is -1.13. The number of carbonyl (C=O) groups is 1. The molecule has 1 aliphatic rings. The molecule has 3 nitrogen and oxygen atoms in total. The second-order valence-corrected chi connectivity index (χ2v) is 5.48. The van der Waals surface area contributed by atoms with Gasteiger partial charge in [0.15, 0.2) is 0 Å². The number of aliphatic hydroxyl groups is 1. The van der Waals surface area contributed by atoms with Crippen LogP contribution in [0, 0.1) is 12.2 Å².